The van der Waals surface area contributed by atoms with Gasteiger partial charge in [-0.25, -0.2) is 4.39 Å². The molecule has 0 spiro atoms. The third kappa shape index (κ3) is 11.1. The lowest BCUT2D eigenvalue weighted by molar-refractivity contribution is -0.144. The molecule has 0 amide bonds. The molecule has 6 N–H and O–H groups in total. The predicted octanol–water partition coefficient (Wildman–Crippen LogP) is 6.92. The lowest BCUT2D eigenvalue weighted by Crippen LogP contribution is -2.45. The topological polar surface area (TPSA) is 193 Å². The van der Waals surface area contributed by atoms with Crippen molar-refractivity contribution in [2.24, 2.45) is 5.18 Å². The van der Waals surface area contributed by atoms with Gasteiger partial charge in [-0.3, -0.25) is 19.8 Å². The molecule has 15 heteroatoms. The first-order valence-corrected chi connectivity index (χ1v) is 18.3. The molecule has 0 radical (unpaired) electrons. The number of aliphatic hydroxyl groups excluding tert-OH is 1. The average molecular weight is 779 g/mol. The molecule has 2 atom stereocenters. The molecule has 1 aliphatic rings. The fourth-order valence-corrected chi connectivity index (χ4v) is 6.57. The normalized spacial score (nSPS) is 14.9. The van der Waals surface area contributed by atoms with Crippen molar-refractivity contribution in [3.63, 3.8) is 0 Å². The van der Waals surface area contributed by atoms with Gasteiger partial charge < -0.3 is 35.3 Å². The van der Waals surface area contributed by atoms with Crippen molar-refractivity contribution in [3.05, 3.63) is 105 Å². The molecular formula is C40H44ClFN4O9. The number of nitrogens with one attached hydrogen (secondary N) is 1. The van der Waals surface area contributed by atoms with Crippen molar-refractivity contribution in [1.29, 1.82) is 0 Å². The predicted molar refractivity (Wildman–Crippen MR) is 205 cm³/mol. The van der Waals surface area contributed by atoms with Gasteiger partial charge in [-0.1, -0.05) is 54.4 Å². The van der Waals surface area contributed by atoms with Crippen LogP contribution in [0.1, 0.15) is 48.8 Å². The molecule has 0 aromatic heterocycles. The highest BCUT2D eigenvalue weighted by Gasteiger charge is 2.27. The summed E-state index contributed by atoms with van der Waals surface area (Å²) in [5.74, 6) is -1.46. The number of aliphatic carboxylic acids is 2. The van der Waals surface area contributed by atoms with Crippen LogP contribution in [0.25, 0.3) is 11.1 Å². The number of nitrogen functional groups attached to an aromatic ring is 1. The Bertz CT molecular complexity index is 1970. The van der Waals surface area contributed by atoms with Crippen molar-refractivity contribution in [1.82, 2.24) is 10.2 Å². The van der Waals surface area contributed by atoms with E-state index in [0.29, 0.717) is 47.6 Å². The van der Waals surface area contributed by atoms with Crippen LogP contribution in [-0.2, 0) is 29.3 Å². The van der Waals surface area contributed by atoms with Crippen LogP contribution in [0.2, 0.25) is 5.02 Å². The van der Waals surface area contributed by atoms with E-state index < -0.39 is 36.4 Å². The summed E-state index contributed by atoms with van der Waals surface area (Å²) in [5, 5.41) is 34.1. The molecular weight excluding hydrogens is 735 g/mol. The highest BCUT2D eigenvalue weighted by molar-refractivity contribution is 6.32. The zero-order valence-corrected chi connectivity index (χ0v) is 30.8. The third-order valence-corrected chi connectivity index (χ3v) is 9.63. The van der Waals surface area contributed by atoms with E-state index >= 15 is 4.39 Å². The van der Waals surface area contributed by atoms with Crippen LogP contribution in [0.3, 0.4) is 0 Å². The number of nitroso groups, excluding NO2 is 1. The number of anilines is 1. The summed E-state index contributed by atoms with van der Waals surface area (Å²) in [4.78, 5) is 36.0. The van der Waals surface area contributed by atoms with Gasteiger partial charge in [0.05, 0.1) is 23.9 Å². The Kier molecular flexibility index (Phi) is 14.8. The van der Waals surface area contributed by atoms with Crippen molar-refractivity contribution < 1.29 is 43.5 Å². The van der Waals surface area contributed by atoms with Gasteiger partial charge in [-0.2, -0.15) is 0 Å². The molecule has 0 aliphatic carbocycles. The summed E-state index contributed by atoms with van der Waals surface area (Å²) in [6, 6.07) is 18.1. The molecule has 0 bridgehead atoms. The molecule has 1 fully saturated rings. The Hall–Kier alpha value is -5.28. The molecule has 5 rings (SSSR count). The van der Waals surface area contributed by atoms with Crippen LogP contribution in [0, 0.1) is 10.7 Å². The summed E-state index contributed by atoms with van der Waals surface area (Å²) < 4.78 is 34.0. The Balaban J connectivity index is 1.25. The first-order chi connectivity index (χ1) is 26.6. The maximum absolute atomic E-state index is 16.0. The molecule has 1 saturated heterocycles. The van der Waals surface area contributed by atoms with E-state index in [-0.39, 0.29) is 53.2 Å². The number of halogens is 2. The largest absolute Gasteiger partial charge is 0.494 e. The molecule has 55 heavy (non-hydrogen) atoms. The highest BCUT2D eigenvalue weighted by Crippen LogP contribution is 2.35. The number of carboxylic acid groups (broad SMARTS) is 2. The summed E-state index contributed by atoms with van der Waals surface area (Å²) in [5.41, 5.74) is 8.46. The number of benzene rings is 4. The van der Waals surface area contributed by atoms with Crippen molar-refractivity contribution in [3.8, 4) is 28.4 Å². The van der Waals surface area contributed by atoms with Crippen LogP contribution in [-0.4, -0.2) is 70.5 Å². The van der Waals surface area contributed by atoms with Gasteiger partial charge >= 0.3 is 11.9 Å². The summed E-state index contributed by atoms with van der Waals surface area (Å²) >= 11 is 6.59. The fraction of sp³-hybridized carbons (Fsp3) is 0.350. The van der Waals surface area contributed by atoms with Crippen LogP contribution in [0.15, 0.2) is 78.0 Å². The molecule has 292 valence electrons. The first-order valence-electron chi connectivity index (χ1n) is 17.9. The number of nitrogens with two attached hydrogens (primary N) is 1. The van der Waals surface area contributed by atoms with E-state index in [4.69, 9.17) is 31.5 Å². The maximum Gasteiger partial charge on any atom is 0.323 e. The van der Waals surface area contributed by atoms with Gasteiger partial charge in [-0.05, 0) is 85.4 Å². The number of nitrogens with zero attached hydrogens (tertiary/aromatic N) is 2. The molecule has 4 aromatic carbocycles. The van der Waals surface area contributed by atoms with Crippen LogP contribution >= 0.6 is 11.6 Å². The maximum atomic E-state index is 16.0. The summed E-state index contributed by atoms with van der Waals surface area (Å²) in [6.45, 7) is 1.07. The number of ether oxygens (including phenoxy) is 3. The minimum atomic E-state index is -1.24. The molecule has 4 aromatic rings. The van der Waals surface area contributed by atoms with Gasteiger partial charge in [0.15, 0.2) is 0 Å². The van der Waals surface area contributed by atoms with E-state index in [9.17, 15) is 29.8 Å². The zero-order chi connectivity index (χ0) is 39.3. The second-order valence-electron chi connectivity index (χ2n) is 13.2. The lowest BCUT2D eigenvalue weighted by Gasteiger charge is -2.32. The van der Waals surface area contributed by atoms with Gasteiger partial charge in [0.1, 0.15) is 54.1 Å². The Morgan fingerprint density at radius 3 is 2.51 bits per heavy atom. The Morgan fingerprint density at radius 1 is 0.964 bits per heavy atom. The smallest absolute Gasteiger partial charge is 0.323 e. The first kappa shape index (κ1) is 40.9. The van der Waals surface area contributed by atoms with E-state index in [0.717, 1.165) is 32.2 Å². The Labute approximate surface area is 322 Å². The van der Waals surface area contributed by atoms with Crippen LogP contribution < -0.4 is 25.3 Å². The number of rotatable bonds is 20. The fourth-order valence-electron chi connectivity index (χ4n) is 6.33. The molecule has 2 unspecified atom stereocenters. The van der Waals surface area contributed by atoms with Crippen molar-refractivity contribution in [2.75, 3.05) is 32.0 Å². The molecule has 1 aliphatic heterocycles. The average Bonchev–Trinajstić information content (AvgIpc) is 3.17. The van der Waals surface area contributed by atoms with E-state index in [1.54, 1.807) is 54.6 Å². The standard InChI is InChI=1S/C40H44ClFN4O9/c41-31-19-28(21-44-34(22-47)39(48)49)36(54-23-25-12-13-33(45-52)32(43)17-25)20-37(31)55-24-27-8-6-10-30(38(27)42)26-7-5-9-29(18-26)53-16-4-3-15-46-14-2-1-11-35(46)40(50)51/h5-10,12-13,17-20,34-35,44,47H,1-4,11,14-16,21-24,43H2,(H,48,49)(H,50,51). The third-order valence-electron chi connectivity index (χ3n) is 9.33. The Morgan fingerprint density at radius 2 is 1.76 bits per heavy atom. The zero-order valence-electron chi connectivity index (χ0n) is 30.1. The van der Waals surface area contributed by atoms with Gasteiger partial charge in [0.25, 0.3) is 0 Å². The quantitative estimate of drug-likeness (QED) is 0.0354. The number of hydrogen-bond donors (Lipinski definition) is 5. The van der Waals surface area contributed by atoms with Crippen molar-refractivity contribution >= 4 is 34.9 Å². The summed E-state index contributed by atoms with van der Waals surface area (Å²) in [7, 11) is 0. The van der Waals surface area contributed by atoms with Gasteiger partial charge in [-0.15, -0.1) is 4.91 Å². The van der Waals surface area contributed by atoms with Crippen molar-refractivity contribution in [2.45, 2.75) is 63.9 Å². The number of likely N-dealkylation sites (tertiary alicyclic amines) is 1. The van der Waals surface area contributed by atoms with Crippen LogP contribution in [0.4, 0.5) is 15.8 Å². The number of unbranched alkanes of at least 4 members (excludes halogenated alkanes) is 1. The second-order valence-corrected chi connectivity index (χ2v) is 13.6. The number of piperidine rings is 1. The number of hydrogen-bond acceptors (Lipinski definition) is 11. The van der Waals surface area contributed by atoms with Gasteiger partial charge in [0, 0.05) is 29.3 Å². The number of aliphatic hydroxyl groups is 1. The molecule has 13 nitrogen and oxygen atoms in total. The van der Waals surface area contributed by atoms with E-state index in [2.05, 4.69) is 10.5 Å². The van der Waals surface area contributed by atoms with Crippen LogP contribution in [0.5, 0.6) is 17.2 Å². The SMILES string of the molecule is Nc1cc(COc2cc(OCc3cccc(-c4cccc(OCCCCN5CCCCC5C(=O)O)c4)c3F)c(Cl)cc2CNC(CO)C(=O)O)ccc1N=O. The molecule has 1 heterocycles. The minimum absolute atomic E-state index is 0.00500. The number of carboxylic acids is 2. The summed E-state index contributed by atoms with van der Waals surface area (Å²) in [6.07, 6.45) is 4.16. The number of carbonyl (C=O) groups is 2. The van der Waals surface area contributed by atoms with Gasteiger partial charge in [0.2, 0.25) is 0 Å². The molecule has 0 saturated carbocycles. The van der Waals surface area contributed by atoms with E-state index in [1.165, 1.54) is 18.2 Å². The second kappa shape index (κ2) is 19.9. The lowest BCUT2D eigenvalue weighted by atomic mass is 10.0. The highest BCUT2D eigenvalue weighted by atomic mass is 35.5. The monoisotopic (exact) mass is 778 g/mol. The minimum Gasteiger partial charge on any atom is -0.494 e. The van der Waals surface area contributed by atoms with E-state index in [1.807, 2.05) is 4.90 Å².